The van der Waals surface area contributed by atoms with Gasteiger partial charge in [-0.15, -0.1) is 0 Å². The van der Waals surface area contributed by atoms with E-state index in [-0.39, 0.29) is 0 Å². The lowest BCUT2D eigenvalue weighted by Gasteiger charge is -2.08. The molecule has 3 aromatic rings. The maximum absolute atomic E-state index is 5.40. The molecule has 4 rings (SSSR count). The van der Waals surface area contributed by atoms with E-state index in [0.29, 0.717) is 0 Å². The minimum absolute atomic E-state index is 0.719. The van der Waals surface area contributed by atoms with Crippen LogP contribution in [0.25, 0.3) is 23.2 Å². The van der Waals surface area contributed by atoms with Crippen LogP contribution in [-0.2, 0) is 6.42 Å². The first-order valence-corrected chi connectivity index (χ1v) is 7.07. The third-order valence-corrected chi connectivity index (χ3v) is 3.94. The van der Waals surface area contributed by atoms with E-state index in [9.17, 15) is 0 Å². The second kappa shape index (κ2) is 4.20. The largest absolute Gasteiger partial charge is 0.442 e. The van der Waals surface area contributed by atoms with Crippen LogP contribution < -0.4 is 0 Å². The van der Waals surface area contributed by atoms with Gasteiger partial charge in [0.2, 0.25) is 0 Å². The van der Waals surface area contributed by atoms with Crippen molar-refractivity contribution in [3.8, 4) is 17.1 Å². The molecule has 94 valence electrons. The highest BCUT2D eigenvalue weighted by Crippen LogP contribution is 2.32. The predicted molar refractivity (Wildman–Crippen MR) is 74.3 cm³/mol. The SMILES string of the molecule is C1=Cc2c(-c3cnco3)nn(-c3ccsc3)c2CC1. The molecule has 1 aliphatic rings. The van der Waals surface area contributed by atoms with E-state index >= 15 is 0 Å². The van der Waals surface area contributed by atoms with Crippen molar-refractivity contribution in [2.75, 3.05) is 0 Å². The molecule has 0 aromatic carbocycles. The number of hydrogen-bond acceptors (Lipinski definition) is 4. The normalized spacial score (nSPS) is 13.7. The van der Waals surface area contributed by atoms with Crippen LogP contribution in [0.3, 0.4) is 0 Å². The van der Waals surface area contributed by atoms with Gasteiger partial charge in [-0.1, -0.05) is 12.2 Å². The summed E-state index contributed by atoms with van der Waals surface area (Å²) >= 11 is 1.68. The van der Waals surface area contributed by atoms with E-state index in [1.54, 1.807) is 17.5 Å². The number of aromatic nitrogens is 3. The van der Waals surface area contributed by atoms with Crippen molar-refractivity contribution in [1.29, 1.82) is 0 Å². The maximum Gasteiger partial charge on any atom is 0.181 e. The van der Waals surface area contributed by atoms with E-state index in [1.165, 1.54) is 12.1 Å². The third-order valence-electron chi connectivity index (χ3n) is 3.27. The Labute approximate surface area is 114 Å². The molecule has 0 spiro atoms. The molecule has 0 fully saturated rings. The van der Waals surface area contributed by atoms with Crippen molar-refractivity contribution in [2.24, 2.45) is 0 Å². The van der Waals surface area contributed by atoms with Crippen molar-refractivity contribution in [3.63, 3.8) is 0 Å². The summed E-state index contributed by atoms with van der Waals surface area (Å²) in [5, 5.41) is 8.89. The zero-order valence-corrected chi connectivity index (χ0v) is 10.9. The van der Waals surface area contributed by atoms with Gasteiger partial charge in [-0.25, -0.2) is 9.67 Å². The Hall–Kier alpha value is -2.14. The highest BCUT2D eigenvalue weighted by Gasteiger charge is 2.21. The summed E-state index contributed by atoms with van der Waals surface area (Å²) in [4.78, 5) is 3.98. The van der Waals surface area contributed by atoms with Crippen molar-refractivity contribution >= 4 is 17.4 Å². The van der Waals surface area contributed by atoms with Crippen molar-refractivity contribution in [3.05, 3.63) is 46.8 Å². The van der Waals surface area contributed by atoms with Crippen LogP contribution in [0.4, 0.5) is 0 Å². The first-order valence-electron chi connectivity index (χ1n) is 6.13. The van der Waals surface area contributed by atoms with Gasteiger partial charge in [-0.3, -0.25) is 0 Å². The third kappa shape index (κ3) is 1.66. The van der Waals surface area contributed by atoms with Gasteiger partial charge in [-0.2, -0.15) is 16.4 Å². The van der Waals surface area contributed by atoms with E-state index in [4.69, 9.17) is 9.52 Å². The number of fused-ring (bicyclic) bond motifs is 1. The van der Waals surface area contributed by atoms with Gasteiger partial charge >= 0.3 is 0 Å². The first-order chi connectivity index (χ1) is 9.43. The highest BCUT2D eigenvalue weighted by molar-refractivity contribution is 7.08. The fraction of sp³-hybridized carbons (Fsp3) is 0.143. The Kier molecular flexibility index (Phi) is 2.38. The summed E-state index contributed by atoms with van der Waals surface area (Å²) in [5.74, 6) is 0.719. The summed E-state index contributed by atoms with van der Waals surface area (Å²) in [6, 6.07) is 2.08. The van der Waals surface area contributed by atoms with E-state index < -0.39 is 0 Å². The average Bonchev–Trinajstić information content (AvgIpc) is 3.18. The van der Waals surface area contributed by atoms with E-state index in [2.05, 4.69) is 34.0 Å². The van der Waals surface area contributed by atoms with Gasteiger partial charge in [-0.05, 0) is 24.3 Å². The molecule has 19 heavy (non-hydrogen) atoms. The second-order valence-electron chi connectivity index (χ2n) is 4.41. The number of nitrogens with zero attached hydrogens (tertiary/aromatic N) is 3. The Balaban J connectivity index is 1.97. The van der Waals surface area contributed by atoms with Crippen LogP contribution >= 0.6 is 11.3 Å². The van der Waals surface area contributed by atoms with Crippen LogP contribution in [0.1, 0.15) is 17.7 Å². The lowest BCUT2D eigenvalue weighted by molar-refractivity contribution is 0.569. The lowest BCUT2D eigenvalue weighted by Crippen LogP contribution is -2.03. The maximum atomic E-state index is 5.40. The number of hydrogen-bond donors (Lipinski definition) is 0. The Bertz CT molecular complexity index is 723. The Morgan fingerprint density at radius 3 is 3.16 bits per heavy atom. The van der Waals surface area contributed by atoms with Gasteiger partial charge in [0, 0.05) is 10.9 Å². The van der Waals surface area contributed by atoms with Gasteiger partial charge in [0.05, 0.1) is 17.6 Å². The van der Waals surface area contributed by atoms with E-state index in [1.807, 2.05) is 4.68 Å². The van der Waals surface area contributed by atoms with Crippen molar-refractivity contribution in [1.82, 2.24) is 14.8 Å². The molecular formula is C14H11N3OS. The summed E-state index contributed by atoms with van der Waals surface area (Å²) in [6.07, 6.45) is 9.52. The fourth-order valence-corrected chi connectivity index (χ4v) is 3.02. The highest BCUT2D eigenvalue weighted by atomic mass is 32.1. The topological polar surface area (TPSA) is 43.9 Å². The summed E-state index contributed by atoms with van der Waals surface area (Å²) in [5.41, 5.74) is 4.37. The van der Waals surface area contributed by atoms with Gasteiger partial charge in [0.15, 0.2) is 12.2 Å². The molecule has 0 bridgehead atoms. The van der Waals surface area contributed by atoms with Crippen molar-refractivity contribution in [2.45, 2.75) is 12.8 Å². The quantitative estimate of drug-likeness (QED) is 0.714. The smallest absolute Gasteiger partial charge is 0.181 e. The minimum atomic E-state index is 0.719. The summed E-state index contributed by atoms with van der Waals surface area (Å²) < 4.78 is 7.42. The standard InChI is InChI=1S/C14H11N3OS/c1-2-4-12-11(3-1)14(13-7-15-9-18-13)16-17(12)10-5-6-19-8-10/h1,3,5-9H,2,4H2. The van der Waals surface area contributed by atoms with Crippen LogP contribution in [0.5, 0.6) is 0 Å². The molecule has 3 aromatic heterocycles. The molecule has 5 heteroatoms. The second-order valence-corrected chi connectivity index (χ2v) is 5.19. The predicted octanol–water partition coefficient (Wildman–Crippen LogP) is 3.55. The summed E-state index contributed by atoms with van der Waals surface area (Å²) in [7, 11) is 0. The van der Waals surface area contributed by atoms with E-state index in [0.717, 1.165) is 35.5 Å². The molecule has 0 saturated heterocycles. The van der Waals surface area contributed by atoms with Crippen LogP contribution in [0.15, 0.2) is 39.9 Å². The van der Waals surface area contributed by atoms with Crippen LogP contribution in [-0.4, -0.2) is 14.8 Å². The van der Waals surface area contributed by atoms with Crippen LogP contribution in [0, 0.1) is 0 Å². The zero-order valence-electron chi connectivity index (χ0n) is 10.1. The van der Waals surface area contributed by atoms with Crippen molar-refractivity contribution < 1.29 is 4.42 Å². The zero-order chi connectivity index (χ0) is 12.7. The van der Waals surface area contributed by atoms with Crippen LogP contribution in [0.2, 0.25) is 0 Å². The number of rotatable bonds is 2. The minimum Gasteiger partial charge on any atom is -0.442 e. The monoisotopic (exact) mass is 269 g/mol. The van der Waals surface area contributed by atoms with Gasteiger partial charge in [0.1, 0.15) is 5.69 Å². The molecule has 0 saturated carbocycles. The molecule has 0 unspecified atom stereocenters. The van der Waals surface area contributed by atoms with Gasteiger partial charge < -0.3 is 4.42 Å². The first kappa shape index (κ1) is 10.8. The molecule has 0 radical (unpaired) electrons. The number of allylic oxidation sites excluding steroid dienone is 1. The molecule has 0 atom stereocenters. The Morgan fingerprint density at radius 1 is 1.37 bits per heavy atom. The summed E-state index contributed by atoms with van der Waals surface area (Å²) in [6.45, 7) is 0. The molecule has 1 aliphatic carbocycles. The molecule has 0 amide bonds. The average molecular weight is 269 g/mol. The lowest BCUT2D eigenvalue weighted by atomic mass is 10.0. The molecule has 3 heterocycles. The molecule has 4 nitrogen and oxygen atoms in total. The fourth-order valence-electron chi connectivity index (χ4n) is 2.41. The Morgan fingerprint density at radius 2 is 2.37 bits per heavy atom. The van der Waals surface area contributed by atoms with Gasteiger partial charge in [0.25, 0.3) is 0 Å². The number of oxazole rings is 1. The number of thiophene rings is 1. The molecule has 0 N–H and O–H groups in total. The molecular weight excluding hydrogens is 258 g/mol. The molecule has 0 aliphatic heterocycles.